The van der Waals surface area contributed by atoms with E-state index >= 15 is 4.39 Å². The van der Waals surface area contributed by atoms with Gasteiger partial charge in [-0.25, -0.2) is 14.4 Å². The monoisotopic (exact) mass is 640 g/mol. The van der Waals surface area contributed by atoms with Crippen molar-refractivity contribution in [1.82, 2.24) is 19.8 Å². The molecule has 1 N–H and O–H groups in total. The van der Waals surface area contributed by atoms with Gasteiger partial charge >= 0.3 is 0 Å². The molecule has 2 atom stereocenters. The van der Waals surface area contributed by atoms with Crippen molar-refractivity contribution in [2.75, 3.05) is 40.4 Å². The SMILES string of the molecule is COc1nc(-c2cccc(-c3cccc(-c4cc5c(c(OC)n4)C(N4CC(C)C4)CC5)c3Cl)c2F)cc2c1C(N1CC(O)C1)CC2. The van der Waals surface area contributed by atoms with Gasteiger partial charge in [-0.3, -0.25) is 9.80 Å². The number of aliphatic hydroxyl groups is 1. The number of pyridine rings is 2. The number of hydrogen-bond acceptors (Lipinski definition) is 7. The second-order valence-electron chi connectivity index (χ2n) is 13.3. The Morgan fingerprint density at radius 1 is 0.761 bits per heavy atom. The molecule has 2 saturated heterocycles. The molecule has 0 amide bonds. The Labute approximate surface area is 274 Å². The van der Waals surface area contributed by atoms with Crippen LogP contribution in [0.2, 0.25) is 5.02 Å². The molecule has 238 valence electrons. The lowest BCUT2D eigenvalue weighted by Gasteiger charge is -2.42. The summed E-state index contributed by atoms with van der Waals surface area (Å²) >= 11 is 7.11. The van der Waals surface area contributed by atoms with Gasteiger partial charge in [0.2, 0.25) is 11.8 Å². The highest BCUT2D eigenvalue weighted by Gasteiger charge is 2.39. The molecule has 7 nitrogen and oxygen atoms in total. The summed E-state index contributed by atoms with van der Waals surface area (Å²) in [6.07, 6.45) is 3.51. The summed E-state index contributed by atoms with van der Waals surface area (Å²) < 4.78 is 28.1. The van der Waals surface area contributed by atoms with Crippen LogP contribution in [0.25, 0.3) is 33.6 Å². The van der Waals surface area contributed by atoms with Crippen LogP contribution in [0.4, 0.5) is 4.39 Å². The number of aryl methyl sites for hydroxylation is 2. The molecule has 2 aromatic heterocycles. The zero-order chi connectivity index (χ0) is 31.7. The van der Waals surface area contributed by atoms with Crippen LogP contribution in [0.3, 0.4) is 0 Å². The van der Waals surface area contributed by atoms with Gasteiger partial charge in [-0.05, 0) is 60.9 Å². The first-order valence-corrected chi connectivity index (χ1v) is 16.6. The van der Waals surface area contributed by atoms with E-state index in [1.54, 1.807) is 26.4 Å². The van der Waals surface area contributed by atoms with Gasteiger partial charge in [-0.1, -0.05) is 48.9 Å². The van der Waals surface area contributed by atoms with Crippen molar-refractivity contribution in [2.24, 2.45) is 5.92 Å². The molecule has 4 aliphatic rings. The highest BCUT2D eigenvalue weighted by atomic mass is 35.5. The first kappa shape index (κ1) is 29.8. The highest BCUT2D eigenvalue weighted by Crippen LogP contribution is 2.47. The number of benzene rings is 2. The van der Waals surface area contributed by atoms with Gasteiger partial charge in [0.25, 0.3) is 0 Å². The first-order valence-electron chi connectivity index (χ1n) is 16.2. The van der Waals surface area contributed by atoms with E-state index in [9.17, 15) is 5.11 Å². The number of fused-ring (bicyclic) bond motifs is 2. The van der Waals surface area contributed by atoms with E-state index in [1.165, 1.54) is 11.1 Å². The average Bonchev–Trinajstić information content (AvgIpc) is 3.65. The molecule has 0 radical (unpaired) electrons. The first-order chi connectivity index (χ1) is 22.3. The fourth-order valence-corrected chi connectivity index (χ4v) is 8.43. The molecule has 0 spiro atoms. The van der Waals surface area contributed by atoms with Gasteiger partial charge in [0, 0.05) is 71.6 Å². The summed E-state index contributed by atoms with van der Waals surface area (Å²) in [6.45, 7) is 5.79. The van der Waals surface area contributed by atoms with Gasteiger partial charge < -0.3 is 14.6 Å². The van der Waals surface area contributed by atoms with Gasteiger partial charge in [0.05, 0.1) is 36.7 Å². The lowest BCUT2D eigenvalue weighted by Crippen LogP contribution is -2.51. The van der Waals surface area contributed by atoms with Gasteiger partial charge in [0.15, 0.2) is 0 Å². The molecule has 8 rings (SSSR count). The fraction of sp³-hybridized carbons (Fsp3) is 0.405. The second-order valence-corrected chi connectivity index (χ2v) is 13.7. The summed E-state index contributed by atoms with van der Waals surface area (Å²) in [5.74, 6) is 1.50. The van der Waals surface area contributed by atoms with E-state index in [0.29, 0.717) is 58.3 Å². The fourth-order valence-electron chi connectivity index (χ4n) is 8.10. The van der Waals surface area contributed by atoms with Gasteiger partial charge in [-0.2, -0.15) is 0 Å². The maximum Gasteiger partial charge on any atom is 0.218 e. The lowest BCUT2D eigenvalue weighted by atomic mass is 9.95. The number of hydrogen-bond donors (Lipinski definition) is 1. The molecule has 2 aromatic carbocycles. The molecule has 2 fully saturated rings. The van der Waals surface area contributed by atoms with Crippen LogP contribution in [0, 0.1) is 11.7 Å². The standard InChI is InChI=1S/C37H38ClFN4O3/c1-20-16-42(17-20)30-12-10-21-14-28(40-36(45-2)32(21)30)26-8-4-6-24(34(26)38)25-7-5-9-27(35(25)39)29-15-22-11-13-31(43-18-23(44)19-43)33(22)37(41-29)46-3/h4-9,14-15,20,23,30-31,44H,10-13,16-19H2,1-3H3. The van der Waals surface area contributed by atoms with Crippen molar-refractivity contribution in [3.63, 3.8) is 0 Å². The Bertz CT molecular complexity index is 1710. The molecule has 4 aromatic rings. The largest absolute Gasteiger partial charge is 0.481 e. The molecule has 0 saturated carbocycles. The van der Waals surface area contributed by atoms with E-state index in [-0.39, 0.29) is 18.0 Å². The van der Waals surface area contributed by atoms with Crippen molar-refractivity contribution in [3.05, 3.63) is 81.6 Å². The van der Waals surface area contributed by atoms with E-state index in [0.717, 1.165) is 67.1 Å². The molecule has 9 heteroatoms. The number of aromatic nitrogens is 2. The minimum atomic E-state index is -0.387. The van der Waals surface area contributed by atoms with E-state index in [4.69, 9.17) is 31.0 Å². The third kappa shape index (κ3) is 4.80. The number of aliphatic hydroxyl groups excluding tert-OH is 1. The van der Waals surface area contributed by atoms with Crippen LogP contribution in [-0.4, -0.2) is 71.4 Å². The maximum atomic E-state index is 16.5. The van der Waals surface area contributed by atoms with Gasteiger partial charge in [0.1, 0.15) is 5.82 Å². The van der Waals surface area contributed by atoms with E-state index in [1.807, 2.05) is 30.3 Å². The lowest BCUT2D eigenvalue weighted by molar-refractivity contribution is -0.0256. The normalized spacial score (nSPS) is 21.5. The second kappa shape index (κ2) is 11.6. The number of methoxy groups -OCH3 is 2. The molecule has 46 heavy (non-hydrogen) atoms. The number of β-amino-alcohol motifs (C(OH)–C–C–N with tert-alkyl or cyclic N) is 1. The summed E-state index contributed by atoms with van der Waals surface area (Å²) in [6, 6.07) is 15.7. The molecule has 4 heterocycles. The van der Waals surface area contributed by atoms with Crippen LogP contribution in [0.15, 0.2) is 48.5 Å². The molecular formula is C37H38ClFN4O3. The quantitative estimate of drug-likeness (QED) is 0.236. The third-order valence-corrected chi connectivity index (χ3v) is 10.8. The van der Waals surface area contributed by atoms with Crippen molar-refractivity contribution in [3.8, 4) is 45.4 Å². The van der Waals surface area contributed by atoms with Crippen molar-refractivity contribution in [2.45, 2.75) is 50.8 Å². The summed E-state index contributed by atoms with van der Waals surface area (Å²) in [5.41, 5.74) is 7.98. The van der Waals surface area contributed by atoms with Crippen LogP contribution in [0.5, 0.6) is 11.8 Å². The topological polar surface area (TPSA) is 71.0 Å². The number of likely N-dealkylation sites (tertiary alicyclic amines) is 2. The average molecular weight is 641 g/mol. The number of halogens is 2. The van der Waals surface area contributed by atoms with Crippen molar-refractivity contribution < 1.29 is 19.0 Å². The maximum absolute atomic E-state index is 16.5. The number of rotatable bonds is 7. The van der Waals surface area contributed by atoms with Crippen LogP contribution in [-0.2, 0) is 12.8 Å². The summed E-state index contributed by atoms with van der Waals surface area (Å²) in [4.78, 5) is 14.5. The zero-order valence-corrected chi connectivity index (χ0v) is 27.1. The molecule has 0 bridgehead atoms. The number of nitrogens with zero attached hydrogens (tertiary/aromatic N) is 4. The Morgan fingerprint density at radius 3 is 1.80 bits per heavy atom. The van der Waals surface area contributed by atoms with Crippen molar-refractivity contribution >= 4 is 11.6 Å². The molecule has 2 aliphatic carbocycles. The van der Waals surface area contributed by atoms with Crippen LogP contribution in [0.1, 0.15) is 54.1 Å². The molecule has 2 aliphatic heterocycles. The predicted octanol–water partition coefficient (Wildman–Crippen LogP) is 6.89. The van der Waals surface area contributed by atoms with Crippen molar-refractivity contribution in [1.29, 1.82) is 0 Å². The highest BCUT2D eigenvalue weighted by molar-refractivity contribution is 6.36. The minimum Gasteiger partial charge on any atom is -0.481 e. The molecule has 2 unspecified atom stereocenters. The van der Waals surface area contributed by atoms with E-state index < -0.39 is 0 Å². The Hall–Kier alpha value is -3.56. The van der Waals surface area contributed by atoms with Crippen LogP contribution >= 0.6 is 11.6 Å². The Kier molecular flexibility index (Phi) is 7.52. The smallest absolute Gasteiger partial charge is 0.218 e. The summed E-state index contributed by atoms with van der Waals surface area (Å²) in [7, 11) is 3.29. The predicted molar refractivity (Wildman–Crippen MR) is 177 cm³/mol. The van der Waals surface area contributed by atoms with E-state index in [2.05, 4.69) is 22.8 Å². The Balaban J connectivity index is 1.15. The van der Waals surface area contributed by atoms with Crippen LogP contribution < -0.4 is 9.47 Å². The number of ether oxygens (including phenoxy) is 2. The molecular weight excluding hydrogens is 603 g/mol. The Morgan fingerprint density at radius 2 is 1.26 bits per heavy atom. The third-order valence-electron chi connectivity index (χ3n) is 10.3. The van der Waals surface area contributed by atoms with Gasteiger partial charge in [-0.15, -0.1) is 0 Å². The minimum absolute atomic E-state index is 0.157. The summed E-state index contributed by atoms with van der Waals surface area (Å²) in [5, 5.41) is 10.3. The zero-order valence-electron chi connectivity index (χ0n) is 26.4.